The Bertz CT molecular complexity index is 1690. The first-order valence-electron chi connectivity index (χ1n) is 18.3. The molecule has 1 saturated heterocycles. The maximum absolute atomic E-state index is 13.9. The van der Waals surface area contributed by atoms with Gasteiger partial charge in [0.1, 0.15) is 24.1 Å². The highest BCUT2D eigenvalue weighted by Crippen LogP contribution is 2.40. The van der Waals surface area contributed by atoms with Gasteiger partial charge in [-0.1, -0.05) is 42.0 Å². The molecule has 0 amide bonds. The molecule has 11 nitrogen and oxygen atoms in total. The molecule has 0 unspecified atom stereocenters. The van der Waals surface area contributed by atoms with Crippen LogP contribution in [0.2, 0.25) is 0 Å². The number of sulfonamides is 1. The number of anilines is 1. The molecule has 2 aliphatic heterocycles. The third-order valence-electron chi connectivity index (χ3n) is 9.80. The van der Waals surface area contributed by atoms with Crippen LogP contribution >= 0.6 is 0 Å². The Hall–Kier alpha value is -3.07. The van der Waals surface area contributed by atoms with Crippen LogP contribution in [0.5, 0.6) is 5.75 Å². The number of benzene rings is 3. The fraction of sp³-hybridized carbons (Fsp3) is 0.550. The van der Waals surface area contributed by atoms with E-state index in [0.29, 0.717) is 51.6 Å². The topological polar surface area (TPSA) is 116 Å². The molecule has 52 heavy (non-hydrogen) atoms. The molecule has 1 N–H and O–H groups in total. The minimum Gasteiger partial charge on any atom is -0.490 e. The van der Waals surface area contributed by atoms with Crippen LogP contribution in [0.3, 0.4) is 0 Å². The van der Waals surface area contributed by atoms with Gasteiger partial charge in [0.05, 0.1) is 49.7 Å². The van der Waals surface area contributed by atoms with Crippen molar-refractivity contribution >= 4 is 15.7 Å². The highest BCUT2D eigenvalue weighted by molar-refractivity contribution is 7.89. The molecular weight excluding hydrogens is 685 g/mol. The maximum atomic E-state index is 13.9. The first kappa shape index (κ1) is 40.1. The van der Waals surface area contributed by atoms with Gasteiger partial charge < -0.3 is 38.4 Å². The number of methoxy groups -OCH3 is 2. The number of piperidine rings is 1. The Morgan fingerprint density at radius 3 is 2.48 bits per heavy atom. The van der Waals surface area contributed by atoms with Crippen molar-refractivity contribution in [2.75, 3.05) is 78.3 Å². The van der Waals surface area contributed by atoms with Gasteiger partial charge in [0.15, 0.2) is 0 Å². The average molecular weight is 741 g/mol. The van der Waals surface area contributed by atoms with E-state index in [0.717, 1.165) is 53.2 Å². The summed E-state index contributed by atoms with van der Waals surface area (Å²) in [5, 5.41) is 12.7. The lowest BCUT2D eigenvalue weighted by Crippen LogP contribution is -2.56. The van der Waals surface area contributed by atoms with E-state index in [1.54, 1.807) is 38.5 Å². The molecule has 1 fully saturated rings. The molecule has 0 saturated carbocycles. The number of aliphatic hydroxyl groups is 1. The van der Waals surface area contributed by atoms with E-state index < -0.39 is 21.7 Å². The van der Waals surface area contributed by atoms with Gasteiger partial charge in [-0.2, -0.15) is 4.31 Å². The fourth-order valence-corrected chi connectivity index (χ4v) is 8.39. The number of nitrogens with zero attached hydrogens (tertiary/aromatic N) is 2. The summed E-state index contributed by atoms with van der Waals surface area (Å²) in [7, 11) is -0.490. The average Bonchev–Trinajstić information content (AvgIpc) is 3.14. The Balaban J connectivity index is 1.44. The monoisotopic (exact) mass is 740 g/mol. The quantitative estimate of drug-likeness (QED) is 0.164. The number of rotatable bonds is 19. The van der Waals surface area contributed by atoms with Crippen molar-refractivity contribution in [3.05, 3.63) is 88.5 Å². The Morgan fingerprint density at radius 2 is 1.73 bits per heavy atom. The minimum atomic E-state index is -3.85. The third-order valence-corrected chi connectivity index (χ3v) is 11.7. The predicted molar refractivity (Wildman–Crippen MR) is 200 cm³/mol. The van der Waals surface area contributed by atoms with Gasteiger partial charge in [-0.3, -0.25) is 0 Å². The van der Waals surface area contributed by atoms with Gasteiger partial charge in [-0.05, 0) is 86.6 Å². The van der Waals surface area contributed by atoms with Gasteiger partial charge in [-0.15, -0.1) is 0 Å². The maximum Gasteiger partial charge on any atom is 0.243 e. The van der Waals surface area contributed by atoms with Crippen molar-refractivity contribution in [3.8, 4) is 5.75 Å². The van der Waals surface area contributed by atoms with Crippen LogP contribution in [0, 0.1) is 6.92 Å². The van der Waals surface area contributed by atoms with Crippen LogP contribution in [0.1, 0.15) is 54.5 Å². The van der Waals surface area contributed by atoms with Gasteiger partial charge in [-0.25, -0.2) is 8.42 Å². The summed E-state index contributed by atoms with van der Waals surface area (Å²) in [6.07, 6.45) is 0.704. The molecule has 286 valence electrons. The lowest BCUT2D eigenvalue weighted by Gasteiger charge is -2.45. The summed E-state index contributed by atoms with van der Waals surface area (Å²) in [5.74, 6) is 0.816. The third kappa shape index (κ3) is 9.91. The van der Waals surface area contributed by atoms with E-state index in [9.17, 15) is 13.5 Å². The molecular formula is C40H56N2O9S. The van der Waals surface area contributed by atoms with Crippen LogP contribution in [0.4, 0.5) is 5.69 Å². The highest BCUT2D eigenvalue weighted by Gasteiger charge is 2.47. The van der Waals surface area contributed by atoms with Crippen molar-refractivity contribution in [1.29, 1.82) is 0 Å². The standard InChI is InChI=1S/C40H56N2O9S/c1-6-49-31(3)27-48-28-32-10-14-36(34(24-32)16-22-47-5)40(43)17-19-42(52(44,45)35-12-8-30(2)9-13-35)26-39(40)51-29-33-11-15-38-37(25-33)41(20-23-50-38)18-7-21-46-4/h8-15,24-25,31,39,43H,6-7,16-23,26-29H2,1-5H3/t31-,39+,40+/m1/s1. The number of ether oxygens (including phenoxy) is 6. The van der Waals surface area contributed by atoms with Crippen LogP contribution in [0.25, 0.3) is 0 Å². The summed E-state index contributed by atoms with van der Waals surface area (Å²) in [6, 6.07) is 18.8. The van der Waals surface area contributed by atoms with Gasteiger partial charge >= 0.3 is 0 Å². The number of hydrogen-bond acceptors (Lipinski definition) is 10. The van der Waals surface area contributed by atoms with E-state index in [4.69, 9.17) is 28.4 Å². The summed E-state index contributed by atoms with van der Waals surface area (Å²) in [4.78, 5) is 2.51. The summed E-state index contributed by atoms with van der Waals surface area (Å²) >= 11 is 0. The molecule has 2 heterocycles. The molecule has 2 aliphatic rings. The van der Waals surface area contributed by atoms with Crippen molar-refractivity contribution in [1.82, 2.24) is 4.31 Å². The lowest BCUT2D eigenvalue weighted by atomic mass is 9.79. The Labute approximate surface area is 309 Å². The second-order valence-corrected chi connectivity index (χ2v) is 15.6. The van der Waals surface area contributed by atoms with E-state index in [-0.39, 0.29) is 37.1 Å². The van der Waals surface area contributed by atoms with Crippen molar-refractivity contribution < 1.29 is 41.9 Å². The number of hydrogen-bond donors (Lipinski definition) is 1. The molecule has 0 aliphatic carbocycles. The second-order valence-electron chi connectivity index (χ2n) is 13.6. The Morgan fingerprint density at radius 1 is 0.981 bits per heavy atom. The molecule has 12 heteroatoms. The van der Waals surface area contributed by atoms with Crippen molar-refractivity contribution in [3.63, 3.8) is 0 Å². The summed E-state index contributed by atoms with van der Waals surface area (Å²) < 4.78 is 64.2. The fourth-order valence-electron chi connectivity index (χ4n) is 6.95. The Kier molecular flexibility index (Phi) is 14.5. The van der Waals surface area contributed by atoms with E-state index >= 15 is 0 Å². The molecule has 0 aromatic heterocycles. The molecule has 3 atom stereocenters. The first-order valence-corrected chi connectivity index (χ1v) is 19.7. The SMILES string of the molecule is CCO[C@H](C)COCc1ccc([C@@]2(O)CCN(S(=O)(=O)c3ccc(C)cc3)C[C@@H]2OCc2ccc3c(c2)N(CCCOC)CCO3)c(CCOC)c1. The largest absolute Gasteiger partial charge is 0.490 e. The zero-order valence-corrected chi connectivity index (χ0v) is 32.2. The number of aryl methyl sites for hydroxylation is 1. The lowest BCUT2D eigenvalue weighted by molar-refractivity contribution is -0.147. The smallest absolute Gasteiger partial charge is 0.243 e. The van der Waals surface area contributed by atoms with Crippen LogP contribution in [0.15, 0.2) is 65.6 Å². The molecule has 3 aromatic carbocycles. The minimum absolute atomic E-state index is 0.0152. The molecule has 5 rings (SSSR count). The van der Waals surface area contributed by atoms with Crippen LogP contribution in [-0.4, -0.2) is 103 Å². The normalized spacial score (nSPS) is 20.0. The molecule has 0 radical (unpaired) electrons. The predicted octanol–water partition coefficient (Wildman–Crippen LogP) is 5.23. The van der Waals surface area contributed by atoms with Crippen molar-refractivity contribution in [2.24, 2.45) is 0 Å². The zero-order chi connectivity index (χ0) is 37.1. The van der Waals surface area contributed by atoms with Crippen LogP contribution in [-0.2, 0) is 58.9 Å². The molecule has 3 aromatic rings. The molecule has 0 spiro atoms. The highest BCUT2D eigenvalue weighted by atomic mass is 32.2. The van der Waals surface area contributed by atoms with E-state index in [2.05, 4.69) is 11.0 Å². The van der Waals surface area contributed by atoms with E-state index in [1.807, 2.05) is 51.1 Å². The van der Waals surface area contributed by atoms with Crippen LogP contribution < -0.4 is 9.64 Å². The zero-order valence-electron chi connectivity index (χ0n) is 31.3. The van der Waals surface area contributed by atoms with Gasteiger partial charge in [0.2, 0.25) is 10.0 Å². The van der Waals surface area contributed by atoms with Crippen molar-refractivity contribution in [2.45, 2.75) is 76.0 Å². The first-order chi connectivity index (χ1) is 25.1. The second kappa shape index (κ2) is 18.8. The van der Waals surface area contributed by atoms with Gasteiger partial charge in [0.25, 0.3) is 0 Å². The number of fused-ring (bicyclic) bond motifs is 1. The molecule has 0 bridgehead atoms. The van der Waals surface area contributed by atoms with E-state index in [1.165, 1.54) is 4.31 Å². The van der Waals surface area contributed by atoms with Gasteiger partial charge in [0, 0.05) is 47.1 Å². The summed E-state index contributed by atoms with van der Waals surface area (Å²) in [5.41, 5.74) is 3.96. The summed E-state index contributed by atoms with van der Waals surface area (Å²) in [6.45, 7) is 11.0.